The van der Waals surface area contributed by atoms with Crippen LogP contribution in [0.25, 0.3) is 0 Å². The number of hydrogen-bond acceptors (Lipinski definition) is 5. The monoisotopic (exact) mass is 377 g/mol. The lowest BCUT2D eigenvalue weighted by Crippen LogP contribution is -2.47. The molecule has 0 spiro atoms. The molecule has 140 valence electrons. The van der Waals surface area contributed by atoms with Crippen molar-refractivity contribution in [1.29, 1.82) is 0 Å². The number of nitrogens with one attached hydrogen (secondary N) is 1. The Bertz CT molecular complexity index is 889. The van der Waals surface area contributed by atoms with Crippen LogP contribution < -0.4 is 5.32 Å². The number of benzene rings is 1. The van der Waals surface area contributed by atoms with E-state index in [0.717, 1.165) is 12.0 Å². The Balaban J connectivity index is 1.70. The Kier molecular flexibility index (Phi) is 5.15. The van der Waals surface area contributed by atoms with Crippen LogP contribution in [0.2, 0.25) is 0 Å². The number of amides is 1. The topological polar surface area (TPSA) is 92.5 Å². The van der Waals surface area contributed by atoms with Gasteiger partial charge in [0.05, 0.1) is 5.25 Å². The third-order valence-electron chi connectivity index (χ3n) is 4.74. The fourth-order valence-electron chi connectivity index (χ4n) is 3.05. The average molecular weight is 377 g/mol. The molecule has 1 fully saturated rings. The lowest BCUT2D eigenvalue weighted by Gasteiger charge is -2.36. The molecule has 1 N–H and O–H groups in total. The molecule has 1 saturated heterocycles. The molecule has 1 aliphatic rings. The van der Waals surface area contributed by atoms with Gasteiger partial charge in [-0.25, -0.2) is 8.42 Å². The Labute approximate surface area is 153 Å². The van der Waals surface area contributed by atoms with Gasteiger partial charge in [0.1, 0.15) is 5.76 Å². The molecule has 0 radical (unpaired) electrons. The number of carbonyl (C=O) groups is 1. The van der Waals surface area contributed by atoms with Gasteiger partial charge >= 0.3 is 0 Å². The molecule has 0 aliphatic carbocycles. The highest BCUT2D eigenvalue weighted by molar-refractivity contribution is 7.89. The zero-order chi connectivity index (χ0) is 18.9. The summed E-state index contributed by atoms with van der Waals surface area (Å²) in [6.07, 6.45) is 1.55. The molecule has 7 nitrogen and oxygen atoms in total. The minimum atomic E-state index is -3.28. The largest absolute Gasteiger partial charge is 0.360 e. The van der Waals surface area contributed by atoms with Gasteiger partial charge < -0.3 is 9.84 Å². The van der Waals surface area contributed by atoms with Crippen LogP contribution in [0.5, 0.6) is 0 Å². The van der Waals surface area contributed by atoms with E-state index in [9.17, 15) is 13.2 Å². The van der Waals surface area contributed by atoms with Crippen LogP contribution in [-0.2, 0) is 16.6 Å². The van der Waals surface area contributed by atoms with Crippen molar-refractivity contribution in [2.75, 3.05) is 5.32 Å². The summed E-state index contributed by atoms with van der Waals surface area (Å²) in [6, 6.07) is 8.55. The maximum absolute atomic E-state index is 12.6. The SMILES string of the molecule is Cc1cc(NC(=O)c2ccc(CN3[C@@H](C)CCC(C)S3(=O)=O)cc2)no1. The number of aryl methyl sites for hydroxylation is 1. The molecule has 1 amide bonds. The average Bonchev–Trinajstić information content (AvgIpc) is 3.01. The molecule has 1 aromatic heterocycles. The minimum Gasteiger partial charge on any atom is -0.360 e. The van der Waals surface area contributed by atoms with Gasteiger partial charge in [0, 0.05) is 24.2 Å². The third-order valence-corrected chi connectivity index (χ3v) is 7.14. The second-order valence-corrected chi connectivity index (χ2v) is 9.10. The van der Waals surface area contributed by atoms with Gasteiger partial charge in [-0.15, -0.1) is 0 Å². The first-order valence-electron chi connectivity index (χ1n) is 8.61. The first-order chi connectivity index (χ1) is 12.3. The molecular weight excluding hydrogens is 354 g/mol. The number of sulfonamides is 1. The van der Waals surface area contributed by atoms with Crippen LogP contribution in [0.3, 0.4) is 0 Å². The van der Waals surface area contributed by atoms with Gasteiger partial charge in [-0.2, -0.15) is 4.31 Å². The summed E-state index contributed by atoms with van der Waals surface area (Å²) in [5.41, 5.74) is 1.32. The van der Waals surface area contributed by atoms with Crippen molar-refractivity contribution in [3.05, 3.63) is 47.2 Å². The van der Waals surface area contributed by atoms with E-state index in [1.165, 1.54) is 0 Å². The fraction of sp³-hybridized carbons (Fsp3) is 0.444. The molecule has 1 aliphatic heterocycles. The predicted molar refractivity (Wildman–Crippen MR) is 98.3 cm³/mol. The number of hydrogen-bond donors (Lipinski definition) is 1. The Hall–Kier alpha value is -2.19. The first-order valence-corrected chi connectivity index (χ1v) is 10.1. The smallest absolute Gasteiger partial charge is 0.256 e. The predicted octanol–water partition coefficient (Wildman–Crippen LogP) is 2.94. The zero-order valence-electron chi connectivity index (χ0n) is 15.1. The van der Waals surface area contributed by atoms with E-state index in [1.54, 1.807) is 48.5 Å². The minimum absolute atomic E-state index is 0.0189. The Morgan fingerprint density at radius 2 is 1.96 bits per heavy atom. The summed E-state index contributed by atoms with van der Waals surface area (Å²) in [6.45, 7) is 5.75. The van der Waals surface area contributed by atoms with E-state index >= 15 is 0 Å². The molecule has 2 aromatic rings. The summed E-state index contributed by atoms with van der Waals surface area (Å²) >= 11 is 0. The molecule has 3 rings (SSSR count). The zero-order valence-corrected chi connectivity index (χ0v) is 15.9. The highest BCUT2D eigenvalue weighted by Gasteiger charge is 2.36. The molecule has 26 heavy (non-hydrogen) atoms. The van der Waals surface area contributed by atoms with Crippen LogP contribution >= 0.6 is 0 Å². The van der Waals surface area contributed by atoms with Gasteiger partial charge in [-0.3, -0.25) is 4.79 Å². The maximum atomic E-state index is 12.6. The van der Waals surface area contributed by atoms with Crippen molar-refractivity contribution in [3.63, 3.8) is 0 Å². The second kappa shape index (κ2) is 7.20. The maximum Gasteiger partial charge on any atom is 0.256 e. The number of carbonyl (C=O) groups excluding carboxylic acids is 1. The van der Waals surface area contributed by atoms with E-state index in [0.29, 0.717) is 30.1 Å². The molecule has 1 unspecified atom stereocenters. The number of nitrogens with zero attached hydrogens (tertiary/aromatic N) is 2. The van der Waals surface area contributed by atoms with E-state index in [1.807, 2.05) is 6.92 Å². The molecular formula is C18H23N3O4S. The van der Waals surface area contributed by atoms with Gasteiger partial charge in [-0.05, 0) is 51.3 Å². The summed E-state index contributed by atoms with van der Waals surface area (Å²) in [5.74, 6) is 0.679. The number of anilines is 1. The first kappa shape index (κ1) is 18.6. The highest BCUT2D eigenvalue weighted by Crippen LogP contribution is 2.27. The second-order valence-electron chi connectivity index (χ2n) is 6.80. The van der Waals surface area contributed by atoms with E-state index in [4.69, 9.17) is 4.52 Å². The van der Waals surface area contributed by atoms with Gasteiger partial charge in [-0.1, -0.05) is 17.3 Å². The van der Waals surface area contributed by atoms with Crippen molar-refractivity contribution in [1.82, 2.24) is 9.46 Å². The van der Waals surface area contributed by atoms with Crippen LogP contribution in [0.15, 0.2) is 34.9 Å². The van der Waals surface area contributed by atoms with Gasteiger partial charge in [0.2, 0.25) is 10.0 Å². The van der Waals surface area contributed by atoms with E-state index in [-0.39, 0.29) is 17.2 Å². The van der Waals surface area contributed by atoms with Crippen molar-refractivity contribution in [2.45, 2.75) is 51.4 Å². The lowest BCUT2D eigenvalue weighted by atomic mass is 10.1. The van der Waals surface area contributed by atoms with Crippen molar-refractivity contribution in [2.24, 2.45) is 0 Å². The van der Waals surface area contributed by atoms with Crippen molar-refractivity contribution in [3.8, 4) is 0 Å². The van der Waals surface area contributed by atoms with E-state index in [2.05, 4.69) is 10.5 Å². The standard InChI is InChI=1S/C18H23N3O4S/c1-12-4-5-14(3)26(23,24)21(12)11-15-6-8-16(9-7-15)18(22)19-17-10-13(2)25-20-17/h6-10,12,14H,4-5,11H2,1-3H3,(H,19,20,22)/t12-,14?/m0/s1. The summed E-state index contributed by atoms with van der Waals surface area (Å²) in [5, 5.41) is 6.03. The normalized spacial score (nSPS) is 22.9. The summed E-state index contributed by atoms with van der Waals surface area (Å²) in [7, 11) is -3.28. The molecule has 0 bridgehead atoms. The number of aromatic nitrogens is 1. The highest BCUT2D eigenvalue weighted by atomic mass is 32.2. The molecule has 2 heterocycles. The van der Waals surface area contributed by atoms with Crippen molar-refractivity contribution < 1.29 is 17.7 Å². The van der Waals surface area contributed by atoms with Crippen LogP contribution in [0.4, 0.5) is 5.82 Å². The summed E-state index contributed by atoms with van der Waals surface area (Å²) in [4.78, 5) is 12.2. The van der Waals surface area contributed by atoms with Crippen molar-refractivity contribution >= 4 is 21.7 Å². The van der Waals surface area contributed by atoms with E-state index < -0.39 is 10.0 Å². The Morgan fingerprint density at radius 1 is 1.27 bits per heavy atom. The molecule has 8 heteroatoms. The summed E-state index contributed by atoms with van der Waals surface area (Å²) < 4.78 is 31.6. The fourth-order valence-corrected chi connectivity index (χ4v) is 4.88. The molecule has 2 atom stereocenters. The molecule has 0 saturated carbocycles. The van der Waals surface area contributed by atoms with Gasteiger partial charge in [0.25, 0.3) is 5.91 Å². The van der Waals surface area contributed by atoms with Gasteiger partial charge in [0.15, 0.2) is 5.82 Å². The van der Waals surface area contributed by atoms with Crippen LogP contribution in [-0.4, -0.2) is 35.1 Å². The van der Waals surface area contributed by atoms with Crippen LogP contribution in [0.1, 0.15) is 48.4 Å². The Morgan fingerprint density at radius 3 is 2.58 bits per heavy atom. The quantitative estimate of drug-likeness (QED) is 0.884. The van der Waals surface area contributed by atoms with Crippen LogP contribution in [0, 0.1) is 6.92 Å². The number of rotatable bonds is 4. The lowest BCUT2D eigenvalue weighted by molar-refractivity contribution is 0.102. The third kappa shape index (κ3) is 3.81. The molecule has 1 aromatic carbocycles.